The number of nitrogens with two attached hydrogens (primary N) is 1. The first-order valence-corrected chi connectivity index (χ1v) is 5.72. The van der Waals surface area contributed by atoms with Crippen LogP contribution < -0.4 is 5.73 Å². The second kappa shape index (κ2) is 4.26. The highest BCUT2D eigenvalue weighted by Gasteiger charge is 2.24. The Kier molecular flexibility index (Phi) is 2.60. The summed E-state index contributed by atoms with van der Waals surface area (Å²) in [6.07, 6.45) is 1.68. The monoisotopic (exact) mass is 247 g/mol. The highest BCUT2D eigenvalue weighted by molar-refractivity contribution is 5.91. The van der Waals surface area contributed by atoms with Gasteiger partial charge in [-0.1, -0.05) is 0 Å². The Balaban J connectivity index is 1.78. The van der Waals surface area contributed by atoms with Gasteiger partial charge in [-0.05, 0) is 12.1 Å². The Labute approximate surface area is 103 Å². The lowest BCUT2D eigenvalue weighted by atomic mass is 10.3. The molecule has 1 amide bonds. The van der Waals surface area contributed by atoms with E-state index >= 15 is 0 Å². The number of carbonyl (C=O) groups is 1. The van der Waals surface area contributed by atoms with E-state index in [0.717, 1.165) is 5.82 Å². The van der Waals surface area contributed by atoms with E-state index in [-0.39, 0.29) is 5.91 Å². The van der Waals surface area contributed by atoms with Crippen LogP contribution in [0.1, 0.15) is 22.1 Å². The number of carbonyl (C=O) groups excluding carboxylic acids is 1. The van der Waals surface area contributed by atoms with Crippen molar-refractivity contribution in [2.45, 2.75) is 19.6 Å². The van der Waals surface area contributed by atoms with E-state index in [4.69, 9.17) is 10.2 Å². The lowest BCUT2D eigenvalue weighted by Crippen LogP contribution is -2.38. The topological polar surface area (TPSA) is 90.2 Å². The Morgan fingerprint density at radius 3 is 3.11 bits per heavy atom. The van der Waals surface area contributed by atoms with Crippen molar-refractivity contribution in [2.24, 2.45) is 5.73 Å². The van der Waals surface area contributed by atoms with Crippen LogP contribution in [0.15, 0.2) is 22.9 Å². The molecule has 0 atom stereocenters. The average Bonchev–Trinajstić information content (AvgIpc) is 3.05. The van der Waals surface area contributed by atoms with E-state index in [2.05, 4.69) is 10.2 Å². The maximum Gasteiger partial charge on any atom is 0.290 e. The summed E-state index contributed by atoms with van der Waals surface area (Å²) in [5.41, 5.74) is 5.45. The number of rotatable bonds is 2. The third-order valence-corrected chi connectivity index (χ3v) is 3.00. The zero-order chi connectivity index (χ0) is 12.5. The van der Waals surface area contributed by atoms with Crippen molar-refractivity contribution in [3.8, 4) is 0 Å². The summed E-state index contributed by atoms with van der Waals surface area (Å²) in [4.78, 5) is 13.9. The van der Waals surface area contributed by atoms with Crippen LogP contribution in [0, 0.1) is 0 Å². The summed E-state index contributed by atoms with van der Waals surface area (Å²) < 4.78 is 7.30. The molecule has 0 saturated heterocycles. The van der Waals surface area contributed by atoms with E-state index in [1.54, 1.807) is 23.4 Å². The summed E-state index contributed by atoms with van der Waals surface area (Å²) in [6, 6.07) is 3.38. The molecule has 3 rings (SSSR count). The van der Waals surface area contributed by atoms with E-state index < -0.39 is 0 Å². The van der Waals surface area contributed by atoms with Gasteiger partial charge in [0.1, 0.15) is 12.1 Å². The average molecular weight is 247 g/mol. The molecule has 0 radical (unpaired) electrons. The quantitative estimate of drug-likeness (QED) is 0.805. The minimum Gasteiger partial charge on any atom is -0.455 e. The van der Waals surface area contributed by atoms with Crippen LogP contribution in [0.2, 0.25) is 0 Å². The number of nitrogens with zero attached hydrogens (tertiary/aromatic N) is 4. The standard InChI is InChI=1S/C11H13N5O2/c12-5-8-1-2-9(18-8)11(17)15-3-4-16-7-13-14-10(16)6-15/h1-2,7H,3-6,12H2. The molecule has 7 heteroatoms. The Morgan fingerprint density at radius 1 is 1.44 bits per heavy atom. The zero-order valence-corrected chi connectivity index (χ0v) is 9.74. The van der Waals surface area contributed by atoms with Gasteiger partial charge in [-0.2, -0.15) is 0 Å². The van der Waals surface area contributed by atoms with Gasteiger partial charge in [0.25, 0.3) is 5.91 Å². The molecule has 1 aliphatic heterocycles. The molecule has 0 spiro atoms. The smallest absolute Gasteiger partial charge is 0.290 e. The maximum absolute atomic E-state index is 12.2. The second-order valence-electron chi connectivity index (χ2n) is 4.14. The van der Waals surface area contributed by atoms with Crippen molar-refractivity contribution in [2.75, 3.05) is 6.54 Å². The Bertz CT molecular complexity index is 574. The molecule has 0 bridgehead atoms. The van der Waals surface area contributed by atoms with Gasteiger partial charge in [0.15, 0.2) is 11.6 Å². The highest BCUT2D eigenvalue weighted by Crippen LogP contribution is 2.15. The van der Waals surface area contributed by atoms with Crippen molar-refractivity contribution < 1.29 is 9.21 Å². The molecule has 94 valence electrons. The number of aromatic nitrogens is 3. The normalized spacial score (nSPS) is 14.6. The summed E-state index contributed by atoms with van der Waals surface area (Å²) in [5.74, 6) is 1.59. The van der Waals surface area contributed by atoms with Crippen LogP contribution in [-0.4, -0.2) is 32.1 Å². The molecule has 2 aromatic rings. The zero-order valence-electron chi connectivity index (χ0n) is 9.74. The number of furan rings is 1. The molecular weight excluding hydrogens is 234 g/mol. The maximum atomic E-state index is 12.2. The molecule has 0 saturated carbocycles. The molecule has 0 fully saturated rings. The van der Waals surface area contributed by atoms with Gasteiger partial charge >= 0.3 is 0 Å². The molecule has 0 aromatic carbocycles. The minimum atomic E-state index is -0.135. The lowest BCUT2D eigenvalue weighted by Gasteiger charge is -2.26. The minimum absolute atomic E-state index is 0.135. The second-order valence-corrected chi connectivity index (χ2v) is 4.14. The molecule has 3 heterocycles. The fraction of sp³-hybridized carbons (Fsp3) is 0.364. The van der Waals surface area contributed by atoms with Gasteiger partial charge in [0, 0.05) is 13.1 Å². The van der Waals surface area contributed by atoms with E-state index in [0.29, 0.717) is 37.7 Å². The van der Waals surface area contributed by atoms with Gasteiger partial charge in [0.2, 0.25) is 0 Å². The van der Waals surface area contributed by atoms with Crippen LogP contribution in [0.5, 0.6) is 0 Å². The van der Waals surface area contributed by atoms with Crippen molar-refractivity contribution in [1.82, 2.24) is 19.7 Å². The first kappa shape index (κ1) is 11.0. The summed E-state index contributed by atoms with van der Waals surface area (Å²) in [5, 5.41) is 7.80. The predicted molar refractivity (Wildman–Crippen MR) is 61.4 cm³/mol. The molecule has 0 aliphatic carbocycles. The molecule has 2 aromatic heterocycles. The van der Waals surface area contributed by atoms with Crippen LogP contribution >= 0.6 is 0 Å². The van der Waals surface area contributed by atoms with Crippen LogP contribution in [0.3, 0.4) is 0 Å². The van der Waals surface area contributed by atoms with Crippen molar-refractivity contribution >= 4 is 5.91 Å². The summed E-state index contributed by atoms with van der Waals surface area (Å²) in [7, 11) is 0. The molecule has 1 aliphatic rings. The van der Waals surface area contributed by atoms with Gasteiger partial charge in [-0.3, -0.25) is 4.79 Å². The van der Waals surface area contributed by atoms with Crippen molar-refractivity contribution in [3.63, 3.8) is 0 Å². The fourth-order valence-electron chi connectivity index (χ4n) is 2.00. The number of amides is 1. The van der Waals surface area contributed by atoms with Crippen LogP contribution in [0.4, 0.5) is 0 Å². The van der Waals surface area contributed by atoms with Crippen LogP contribution in [0.25, 0.3) is 0 Å². The third kappa shape index (κ3) is 1.78. The largest absolute Gasteiger partial charge is 0.455 e. The summed E-state index contributed by atoms with van der Waals surface area (Å²) in [6.45, 7) is 2.08. The molecule has 18 heavy (non-hydrogen) atoms. The van der Waals surface area contributed by atoms with E-state index in [9.17, 15) is 4.79 Å². The third-order valence-electron chi connectivity index (χ3n) is 3.00. The SMILES string of the molecule is NCc1ccc(C(=O)N2CCn3cnnc3C2)o1. The molecular formula is C11H13N5O2. The number of fused-ring (bicyclic) bond motifs is 1. The van der Waals surface area contributed by atoms with Gasteiger partial charge in [0.05, 0.1) is 13.1 Å². The molecule has 0 unspecified atom stereocenters. The van der Waals surface area contributed by atoms with Crippen molar-refractivity contribution in [1.29, 1.82) is 0 Å². The van der Waals surface area contributed by atoms with Gasteiger partial charge < -0.3 is 19.6 Å². The molecule has 7 nitrogen and oxygen atoms in total. The van der Waals surface area contributed by atoms with Gasteiger partial charge in [-0.25, -0.2) is 0 Å². The lowest BCUT2D eigenvalue weighted by molar-refractivity contribution is 0.0673. The van der Waals surface area contributed by atoms with E-state index in [1.807, 2.05) is 4.57 Å². The van der Waals surface area contributed by atoms with Crippen molar-refractivity contribution in [3.05, 3.63) is 35.8 Å². The van der Waals surface area contributed by atoms with Crippen LogP contribution in [-0.2, 0) is 19.6 Å². The Morgan fingerprint density at radius 2 is 2.33 bits per heavy atom. The Hall–Kier alpha value is -2.15. The van der Waals surface area contributed by atoms with Gasteiger partial charge in [-0.15, -0.1) is 10.2 Å². The first-order chi connectivity index (χ1) is 8.78. The predicted octanol–water partition coefficient (Wildman–Crippen LogP) is -0.0142. The number of hydrogen-bond acceptors (Lipinski definition) is 5. The fourth-order valence-corrected chi connectivity index (χ4v) is 2.00. The highest BCUT2D eigenvalue weighted by atomic mass is 16.4. The number of hydrogen-bond donors (Lipinski definition) is 1. The van der Waals surface area contributed by atoms with E-state index in [1.165, 1.54) is 0 Å². The summed E-state index contributed by atoms with van der Waals surface area (Å²) >= 11 is 0. The first-order valence-electron chi connectivity index (χ1n) is 5.72. The molecule has 2 N–H and O–H groups in total.